The number of thioether (sulfide) groups is 1. The van der Waals surface area contributed by atoms with Crippen LogP contribution in [0.2, 0.25) is 0 Å². The van der Waals surface area contributed by atoms with E-state index < -0.39 is 0 Å². The predicted octanol–water partition coefficient (Wildman–Crippen LogP) is 5.10. The molecule has 1 amide bonds. The normalized spacial score (nSPS) is 13.3. The van der Waals surface area contributed by atoms with Gasteiger partial charge in [-0.1, -0.05) is 49.0 Å². The molecule has 0 aliphatic carbocycles. The number of amides is 1. The summed E-state index contributed by atoms with van der Waals surface area (Å²) in [5.74, 6) is 0.692. The third-order valence-corrected chi connectivity index (χ3v) is 6.20. The van der Waals surface area contributed by atoms with E-state index in [1.54, 1.807) is 17.5 Å². The smallest absolute Gasteiger partial charge is 0.238 e. The average molecular weight is 387 g/mol. The van der Waals surface area contributed by atoms with Crippen molar-refractivity contribution in [1.29, 1.82) is 0 Å². The van der Waals surface area contributed by atoms with E-state index in [4.69, 9.17) is 0 Å². The van der Waals surface area contributed by atoms with Crippen LogP contribution >= 0.6 is 23.1 Å². The first-order valence-electron chi connectivity index (χ1n) is 8.60. The summed E-state index contributed by atoms with van der Waals surface area (Å²) < 4.78 is 2.74. The molecular weight excluding hydrogens is 364 g/mol. The lowest BCUT2D eigenvalue weighted by Gasteiger charge is -2.15. The fourth-order valence-corrected chi connectivity index (χ4v) is 4.39. The number of carbonyl (C=O) groups is 1. The molecule has 0 saturated carbocycles. The molecule has 3 rings (SSSR count). The van der Waals surface area contributed by atoms with Crippen molar-refractivity contribution in [3.8, 4) is 11.3 Å². The van der Waals surface area contributed by atoms with Crippen LogP contribution in [0, 0.1) is 0 Å². The minimum atomic E-state index is -0.245. The molecule has 0 aliphatic rings. The van der Waals surface area contributed by atoms with Crippen LogP contribution in [0.25, 0.3) is 11.3 Å². The van der Waals surface area contributed by atoms with Gasteiger partial charge in [0.2, 0.25) is 5.91 Å². The maximum Gasteiger partial charge on any atom is 0.238 e. The van der Waals surface area contributed by atoms with Crippen molar-refractivity contribution >= 4 is 34.8 Å². The minimum absolute atomic E-state index is 0.0449. The number of benzene rings is 1. The highest BCUT2D eigenvalue weighted by atomic mass is 32.2. The zero-order valence-corrected chi connectivity index (χ0v) is 16.7. The van der Waals surface area contributed by atoms with Gasteiger partial charge >= 0.3 is 0 Å². The summed E-state index contributed by atoms with van der Waals surface area (Å²) in [5, 5.41) is 9.07. The first-order chi connectivity index (χ1) is 12.6. The summed E-state index contributed by atoms with van der Waals surface area (Å²) >= 11 is 3.04. The van der Waals surface area contributed by atoms with Crippen molar-refractivity contribution in [2.75, 3.05) is 5.32 Å². The molecule has 2 atom stereocenters. The zero-order valence-electron chi connectivity index (χ0n) is 15.0. The van der Waals surface area contributed by atoms with Gasteiger partial charge in [-0.25, -0.2) is 9.67 Å². The largest absolute Gasteiger partial charge is 0.310 e. The second-order valence-corrected chi connectivity index (χ2v) is 8.48. The zero-order chi connectivity index (χ0) is 18.5. The molecule has 5 nitrogen and oxygen atoms in total. The van der Waals surface area contributed by atoms with Crippen molar-refractivity contribution in [3.05, 3.63) is 48.0 Å². The number of carbonyl (C=O) groups excluding carboxylic acids is 1. The van der Waals surface area contributed by atoms with E-state index in [9.17, 15) is 4.79 Å². The Kier molecular flexibility index (Phi) is 6.11. The van der Waals surface area contributed by atoms with Crippen LogP contribution in [0.15, 0.2) is 52.3 Å². The summed E-state index contributed by atoms with van der Waals surface area (Å²) in [5.41, 5.74) is 2.03. The van der Waals surface area contributed by atoms with Crippen LogP contribution in [-0.4, -0.2) is 25.9 Å². The van der Waals surface area contributed by atoms with Crippen molar-refractivity contribution < 1.29 is 4.79 Å². The molecule has 0 bridgehead atoms. The number of hydrogen-bond acceptors (Lipinski definition) is 5. The van der Waals surface area contributed by atoms with Crippen LogP contribution in [0.1, 0.15) is 33.2 Å². The van der Waals surface area contributed by atoms with Crippen molar-refractivity contribution in [1.82, 2.24) is 14.8 Å². The molecule has 0 saturated heterocycles. The molecule has 136 valence electrons. The molecule has 0 fully saturated rings. The number of hydrogen-bond donors (Lipinski definition) is 1. The Bertz CT molecular complexity index is 859. The topological polar surface area (TPSA) is 59.8 Å². The maximum absolute atomic E-state index is 12.6. The van der Waals surface area contributed by atoms with E-state index in [-0.39, 0.29) is 17.2 Å². The highest BCUT2D eigenvalue weighted by molar-refractivity contribution is 8.02. The van der Waals surface area contributed by atoms with Gasteiger partial charge in [-0.3, -0.25) is 4.79 Å². The lowest BCUT2D eigenvalue weighted by molar-refractivity contribution is -0.115. The maximum atomic E-state index is 12.6. The Morgan fingerprint density at radius 1 is 1.27 bits per heavy atom. The molecule has 2 heterocycles. The summed E-state index contributed by atoms with van der Waals surface area (Å²) in [4.78, 5) is 17.2. The van der Waals surface area contributed by atoms with E-state index in [1.165, 1.54) is 11.8 Å². The van der Waals surface area contributed by atoms with Crippen LogP contribution in [0.4, 0.5) is 5.82 Å². The van der Waals surface area contributed by atoms with Crippen LogP contribution < -0.4 is 5.32 Å². The number of anilines is 1. The Balaban J connectivity index is 1.63. The van der Waals surface area contributed by atoms with Crippen molar-refractivity contribution in [3.63, 3.8) is 0 Å². The van der Waals surface area contributed by atoms with Gasteiger partial charge in [0, 0.05) is 17.0 Å². The Labute approximate surface area is 161 Å². The third kappa shape index (κ3) is 4.34. The molecule has 26 heavy (non-hydrogen) atoms. The highest BCUT2D eigenvalue weighted by Crippen LogP contribution is 2.31. The van der Waals surface area contributed by atoms with Crippen LogP contribution in [0.5, 0.6) is 0 Å². The van der Waals surface area contributed by atoms with Crippen LogP contribution in [-0.2, 0) is 4.79 Å². The van der Waals surface area contributed by atoms with E-state index in [2.05, 4.69) is 29.2 Å². The predicted molar refractivity (Wildman–Crippen MR) is 109 cm³/mol. The molecule has 0 unspecified atom stereocenters. The number of nitrogens with one attached hydrogen (secondary N) is 1. The fraction of sp³-hybridized carbons (Fsp3) is 0.316. The summed E-state index contributed by atoms with van der Waals surface area (Å²) in [6, 6.07) is 12.1. The molecule has 1 aromatic carbocycles. The first-order valence-corrected chi connectivity index (χ1v) is 10.4. The standard InChI is InChI=1S/C19H22N4OS2/c1-4-13(2)23-17(10-11-20-23)22-18(24)14(3)26-19-21-16(12-25-19)15-8-6-5-7-9-15/h5-14H,4H2,1-3H3,(H,22,24)/t13-,14-/m1/s1. The molecule has 0 spiro atoms. The van der Waals surface area contributed by atoms with E-state index >= 15 is 0 Å². The van der Waals surface area contributed by atoms with E-state index in [1.807, 2.05) is 53.4 Å². The average Bonchev–Trinajstić information content (AvgIpc) is 3.31. The lowest BCUT2D eigenvalue weighted by Crippen LogP contribution is -2.24. The van der Waals surface area contributed by atoms with Gasteiger partial charge in [-0.05, 0) is 20.3 Å². The van der Waals surface area contributed by atoms with E-state index in [0.29, 0.717) is 0 Å². The molecule has 0 radical (unpaired) electrons. The SMILES string of the molecule is CC[C@@H](C)n1nccc1NC(=O)[C@@H](C)Sc1nc(-c2ccccc2)cs1. The van der Waals surface area contributed by atoms with Crippen LogP contribution in [0.3, 0.4) is 0 Å². The number of nitrogens with zero attached hydrogens (tertiary/aromatic N) is 3. The molecular formula is C19H22N4OS2. The fourth-order valence-electron chi connectivity index (χ4n) is 2.42. The van der Waals surface area contributed by atoms with Gasteiger partial charge in [0.25, 0.3) is 0 Å². The van der Waals surface area contributed by atoms with Gasteiger partial charge in [0.05, 0.1) is 23.2 Å². The Morgan fingerprint density at radius 2 is 2.04 bits per heavy atom. The van der Waals surface area contributed by atoms with Crippen molar-refractivity contribution in [2.45, 2.75) is 42.8 Å². The third-order valence-electron chi connectivity index (χ3n) is 4.13. The lowest BCUT2D eigenvalue weighted by atomic mass is 10.2. The molecule has 3 aromatic rings. The second kappa shape index (κ2) is 8.51. The van der Waals surface area contributed by atoms with Gasteiger partial charge in [0.1, 0.15) is 5.82 Å². The quantitative estimate of drug-likeness (QED) is 0.574. The van der Waals surface area contributed by atoms with Gasteiger partial charge < -0.3 is 5.32 Å². The number of aromatic nitrogens is 3. The summed E-state index contributed by atoms with van der Waals surface area (Å²) in [6.07, 6.45) is 2.67. The Morgan fingerprint density at radius 3 is 2.77 bits per heavy atom. The Hall–Kier alpha value is -2.12. The highest BCUT2D eigenvalue weighted by Gasteiger charge is 2.19. The number of thiazole rings is 1. The molecule has 1 N–H and O–H groups in total. The number of rotatable bonds is 7. The van der Waals surface area contributed by atoms with Crippen molar-refractivity contribution in [2.24, 2.45) is 0 Å². The van der Waals surface area contributed by atoms with Gasteiger partial charge in [-0.2, -0.15) is 5.10 Å². The van der Waals surface area contributed by atoms with Gasteiger partial charge in [-0.15, -0.1) is 11.3 Å². The monoisotopic (exact) mass is 386 g/mol. The molecule has 2 aromatic heterocycles. The summed E-state index contributed by atoms with van der Waals surface area (Å²) in [6.45, 7) is 6.08. The molecule has 0 aliphatic heterocycles. The first kappa shape index (κ1) is 18.7. The minimum Gasteiger partial charge on any atom is -0.310 e. The van der Waals surface area contributed by atoms with Gasteiger partial charge in [0.15, 0.2) is 4.34 Å². The summed E-state index contributed by atoms with van der Waals surface area (Å²) in [7, 11) is 0. The molecule has 7 heteroatoms. The van der Waals surface area contributed by atoms with E-state index in [0.717, 1.165) is 27.8 Å². The second-order valence-electron chi connectivity index (χ2n) is 6.03.